The first kappa shape index (κ1) is 12.3. The number of halogens is 1. The number of hydrogen-bond acceptors (Lipinski definition) is 4. The van der Waals surface area contributed by atoms with Crippen molar-refractivity contribution in [2.24, 2.45) is 0 Å². The van der Waals surface area contributed by atoms with Gasteiger partial charge in [-0.2, -0.15) is 0 Å². The first-order chi connectivity index (χ1) is 8.28. The lowest BCUT2D eigenvalue weighted by atomic mass is 10.3. The molecule has 0 bridgehead atoms. The van der Waals surface area contributed by atoms with E-state index in [2.05, 4.69) is 37.9 Å². The minimum Gasteiger partial charge on any atom is -0.378 e. The fraction of sp³-hybridized carbons (Fsp3) is 0.167. The summed E-state index contributed by atoms with van der Waals surface area (Å²) in [7, 11) is 1.65. The molecule has 0 spiro atoms. The zero-order chi connectivity index (χ0) is 12.1. The third-order valence-corrected chi connectivity index (χ3v) is 2.83. The van der Waals surface area contributed by atoms with Crippen molar-refractivity contribution in [3.63, 3.8) is 0 Å². The van der Waals surface area contributed by atoms with E-state index in [0.717, 1.165) is 11.4 Å². The van der Waals surface area contributed by atoms with Gasteiger partial charge in [-0.25, -0.2) is 9.97 Å². The number of nitrogens with one attached hydrogen (secondary N) is 1. The van der Waals surface area contributed by atoms with E-state index in [1.807, 2.05) is 30.3 Å². The molecule has 1 N–H and O–H groups in total. The molecule has 1 aromatic carbocycles. The van der Waals surface area contributed by atoms with Crippen LogP contribution in [-0.4, -0.2) is 17.1 Å². The highest BCUT2D eigenvalue weighted by atomic mass is 127. The van der Waals surface area contributed by atoms with Gasteiger partial charge >= 0.3 is 0 Å². The Kier molecular flexibility index (Phi) is 4.27. The molecule has 2 aromatic rings. The molecule has 0 radical (unpaired) electrons. The Hall–Kier alpha value is -1.21. The summed E-state index contributed by atoms with van der Waals surface area (Å²) in [6.07, 6.45) is 1.72. The summed E-state index contributed by atoms with van der Waals surface area (Å²) in [4.78, 5) is 8.49. The van der Waals surface area contributed by atoms with E-state index < -0.39 is 0 Å². The molecule has 0 amide bonds. The van der Waals surface area contributed by atoms with Gasteiger partial charge in [0.05, 0.1) is 12.3 Å². The molecule has 1 heterocycles. The lowest BCUT2D eigenvalue weighted by molar-refractivity contribution is 0.181. The first-order valence-electron chi connectivity index (χ1n) is 5.11. The SMILES string of the molecule is COCc1ccnc(Nc2ccc(I)cc2)n1. The monoisotopic (exact) mass is 341 g/mol. The molecule has 0 atom stereocenters. The average molecular weight is 341 g/mol. The van der Waals surface area contributed by atoms with Crippen LogP contribution >= 0.6 is 22.6 Å². The third kappa shape index (κ3) is 3.64. The van der Waals surface area contributed by atoms with Crippen molar-refractivity contribution >= 4 is 34.2 Å². The number of anilines is 2. The van der Waals surface area contributed by atoms with Crippen molar-refractivity contribution in [3.8, 4) is 0 Å². The summed E-state index contributed by atoms with van der Waals surface area (Å²) in [5.74, 6) is 0.584. The lowest BCUT2D eigenvalue weighted by Crippen LogP contribution is -2.00. The highest BCUT2D eigenvalue weighted by molar-refractivity contribution is 14.1. The number of nitrogens with zero attached hydrogens (tertiary/aromatic N) is 2. The van der Waals surface area contributed by atoms with Crippen LogP contribution in [0.25, 0.3) is 0 Å². The van der Waals surface area contributed by atoms with Crippen molar-refractivity contribution in [1.82, 2.24) is 9.97 Å². The van der Waals surface area contributed by atoms with Crippen LogP contribution in [0.5, 0.6) is 0 Å². The summed E-state index contributed by atoms with van der Waals surface area (Å²) in [5, 5.41) is 3.15. The van der Waals surface area contributed by atoms with Crippen LogP contribution in [0.1, 0.15) is 5.69 Å². The van der Waals surface area contributed by atoms with Crippen molar-refractivity contribution in [2.45, 2.75) is 6.61 Å². The van der Waals surface area contributed by atoms with Crippen molar-refractivity contribution in [1.29, 1.82) is 0 Å². The van der Waals surface area contributed by atoms with Gasteiger partial charge in [-0.15, -0.1) is 0 Å². The van der Waals surface area contributed by atoms with Gasteiger partial charge in [-0.1, -0.05) is 0 Å². The summed E-state index contributed by atoms with van der Waals surface area (Å²) in [6.45, 7) is 0.490. The lowest BCUT2D eigenvalue weighted by Gasteiger charge is -2.06. The fourth-order valence-electron chi connectivity index (χ4n) is 1.35. The van der Waals surface area contributed by atoms with Gasteiger partial charge in [0.2, 0.25) is 5.95 Å². The Bertz CT molecular complexity index is 487. The molecule has 17 heavy (non-hydrogen) atoms. The van der Waals surface area contributed by atoms with E-state index in [-0.39, 0.29) is 0 Å². The normalized spacial score (nSPS) is 10.2. The molecule has 4 nitrogen and oxygen atoms in total. The van der Waals surface area contributed by atoms with Crippen molar-refractivity contribution in [3.05, 3.63) is 45.8 Å². The number of rotatable bonds is 4. The summed E-state index contributed by atoms with van der Waals surface area (Å²) in [6, 6.07) is 9.88. The number of benzene rings is 1. The molecule has 88 valence electrons. The second-order valence-corrected chi connectivity index (χ2v) is 4.68. The van der Waals surface area contributed by atoms with E-state index in [4.69, 9.17) is 4.74 Å². The van der Waals surface area contributed by atoms with Crippen LogP contribution in [0.2, 0.25) is 0 Å². The van der Waals surface area contributed by atoms with E-state index in [9.17, 15) is 0 Å². The predicted octanol–water partition coefficient (Wildman–Crippen LogP) is 2.97. The molecule has 0 fully saturated rings. The zero-order valence-corrected chi connectivity index (χ0v) is 11.5. The van der Waals surface area contributed by atoms with Gasteiger partial charge in [0.15, 0.2) is 0 Å². The Morgan fingerprint density at radius 3 is 2.71 bits per heavy atom. The summed E-state index contributed by atoms with van der Waals surface area (Å²) in [5.41, 5.74) is 1.83. The Morgan fingerprint density at radius 2 is 2.00 bits per heavy atom. The van der Waals surface area contributed by atoms with Crippen LogP contribution < -0.4 is 5.32 Å². The molecule has 0 aliphatic carbocycles. The van der Waals surface area contributed by atoms with Gasteiger partial charge < -0.3 is 10.1 Å². The largest absolute Gasteiger partial charge is 0.378 e. The summed E-state index contributed by atoms with van der Waals surface area (Å²) >= 11 is 2.27. The molecule has 0 saturated heterocycles. The molecule has 0 saturated carbocycles. The molecule has 0 aliphatic rings. The Labute approximate surface area is 114 Å². The minimum atomic E-state index is 0.490. The molecule has 2 rings (SSSR count). The highest BCUT2D eigenvalue weighted by Crippen LogP contribution is 2.14. The van der Waals surface area contributed by atoms with Crippen LogP contribution in [0.3, 0.4) is 0 Å². The average Bonchev–Trinajstić information content (AvgIpc) is 2.33. The Balaban J connectivity index is 2.12. The predicted molar refractivity (Wildman–Crippen MR) is 75.2 cm³/mol. The topological polar surface area (TPSA) is 47.0 Å². The van der Waals surface area contributed by atoms with Crippen molar-refractivity contribution in [2.75, 3.05) is 12.4 Å². The van der Waals surface area contributed by atoms with Crippen molar-refractivity contribution < 1.29 is 4.74 Å². The molecular formula is C12H12IN3O. The van der Waals surface area contributed by atoms with Crippen LogP contribution in [-0.2, 0) is 11.3 Å². The highest BCUT2D eigenvalue weighted by Gasteiger charge is 1.99. The van der Waals surface area contributed by atoms with Crippen LogP contribution in [0.4, 0.5) is 11.6 Å². The first-order valence-corrected chi connectivity index (χ1v) is 6.19. The quantitative estimate of drug-likeness (QED) is 0.869. The molecule has 0 unspecified atom stereocenters. The molecular weight excluding hydrogens is 329 g/mol. The molecule has 1 aromatic heterocycles. The number of methoxy groups -OCH3 is 1. The van der Waals surface area contributed by atoms with E-state index in [1.165, 1.54) is 3.57 Å². The number of aromatic nitrogens is 2. The third-order valence-electron chi connectivity index (χ3n) is 2.11. The smallest absolute Gasteiger partial charge is 0.227 e. The van der Waals surface area contributed by atoms with Gasteiger partial charge in [-0.3, -0.25) is 0 Å². The van der Waals surface area contributed by atoms with E-state index in [0.29, 0.717) is 12.6 Å². The minimum absolute atomic E-state index is 0.490. The Morgan fingerprint density at radius 1 is 1.24 bits per heavy atom. The summed E-state index contributed by atoms with van der Waals surface area (Å²) < 4.78 is 6.23. The second kappa shape index (κ2) is 5.92. The number of ether oxygens (including phenoxy) is 1. The van der Waals surface area contributed by atoms with E-state index in [1.54, 1.807) is 13.3 Å². The number of hydrogen-bond donors (Lipinski definition) is 1. The van der Waals surface area contributed by atoms with Gasteiger partial charge in [0.25, 0.3) is 0 Å². The van der Waals surface area contributed by atoms with Crippen LogP contribution in [0.15, 0.2) is 36.5 Å². The zero-order valence-electron chi connectivity index (χ0n) is 9.35. The molecule has 0 aliphatic heterocycles. The fourth-order valence-corrected chi connectivity index (χ4v) is 1.71. The van der Waals surface area contributed by atoms with Gasteiger partial charge in [0, 0.05) is 22.6 Å². The van der Waals surface area contributed by atoms with Gasteiger partial charge in [-0.05, 0) is 52.9 Å². The molecule has 5 heteroatoms. The van der Waals surface area contributed by atoms with Crippen LogP contribution in [0, 0.1) is 3.57 Å². The van der Waals surface area contributed by atoms with E-state index >= 15 is 0 Å². The van der Waals surface area contributed by atoms with Gasteiger partial charge in [0.1, 0.15) is 0 Å². The maximum absolute atomic E-state index is 5.03. The second-order valence-electron chi connectivity index (χ2n) is 3.44. The standard InChI is InChI=1S/C12H12IN3O/c1-17-8-11-6-7-14-12(16-11)15-10-4-2-9(13)3-5-10/h2-7H,8H2,1H3,(H,14,15,16). The maximum Gasteiger partial charge on any atom is 0.227 e. The maximum atomic E-state index is 5.03.